The Balaban J connectivity index is 0.00000166. The molecule has 0 fully saturated rings. The third-order valence-corrected chi connectivity index (χ3v) is 4.07. The van der Waals surface area contributed by atoms with Gasteiger partial charge in [0, 0.05) is 18.1 Å². The van der Waals surface area contributed by atoms with E-state index in [0.717, 1.165) is 11.9 Å². The van der Waals surface area contributed by atoms with Crippen LogP contribution < -0.4 is 24.8 Å². The second-order valence-electron chi connectivity index (χ2n) is 6.17. The van der Waals surface area contributed by atoms with Gasteiger partial charge < -0.3 is 24.8 Å². The lowest BCUT2D eigenvalue weighted by Crippen LogP contribution is -2.39. The molecule has 1 aromatic heterocycles. The van der Waals surface area contributed by atoms with E-state index >= 15 is 0 Å². The monoisotopic (exact) mass is 442 g/mol. The van der Waals surface area contributed by atoms with Crippen molar-refractivity contribution in [2.45, 2.75) is 39.0 Å². The number of halogens is 3. The molecular formula is C20H25F3N4O4. The summed E-state index contributed by atoms with van der Waals surface area (Å²) in [6, 6.07) is 5.86. The molecule has 31 heavy (non-hydrogen) atoms. The predicted molar refractivity (Wildman–Crippen MR) is 106 cm³/mol. The zero-order valence-electron chi connectivity index (χ0n) is 17.5. The third-order valence-electron chi connectivity index (χ3n) is 4.07. The van der Waals surface area contributed by atoms with E-state index in [0.29, 0.717) is 30.2 Å². The van der Waals surface area contributed by atoms with E-state index in [1.54, 1.807) is 25.3 Å². The highest BCUT2D eigenvalue weighted by molar-refractivity contribution is 5.74. The Morgan fingerprint density at radius 1 is 1.26 bits per heavy atom. The summed E-state index contributed by atoms with van der Waals surface area (Å²) >= 11 is 0. The zero-order valence-corrected chi connectivity index (χ0v) is 17.5. The average molecular weight is 442 g/mol. The third kappa shape index (κ3) is 7.50. The van der Waals surface area contributed by atoms with Crippen molar-refractivity contribution in [3.63, 3.8) is 0 Å². The van der Waals surface area contributed by atoms with Gasteiger partial charge in [0.15, 0.2) is 6.61 Å². The number of nitrogens with zero attached hydrogens (tertiary/aromatic N) is 2. The smallest absolute Gasteiger partial charge is 0.422 e. The molecular weight excluding hydrogens is 417 g/mol. The first kappa shape index (κ1) is 24.0. The number of urea groups is 1. The van der Waals surface area contributed by atoms with Crippen LogP contribution in [0.25, 0.3) is 0 Å². The van der Waals surface area contributed by atoms with Crippen molar-refractivity contribution in [2.75, 3.05) is 20.3 Å². The molecule has 2 N–H and O–H groups in total. The summed E-state index contributed by atoms with van der Waals surface area (Å²) in [6.07, 6.45) is -2.82. The van der Waals surface area contributed by atoms with Crippen molar-refractivity contribution in [2.24, 2.45) is 0 Å². The van der Waals surface area contributed by atoms with Gasteiger partial charge in [0.1, 0.15) is 17.8 Å². The number of hydrogen-bond acceptors (Lipinski definition) is 6. The van der Waals surface area contributed by atoms with Crippen LogP contribution in [0.1, 0.15) is 37.6 Å². The second kappa shape index (κ2) is 11.2. The van der Waals surface area contributed by atoms with Crippen LogP contribution in [0.2, 0.25) is 0 Å². The molecule has 2 heterocycles. The molecule has 0 bridgehead atoms. The van der Waals surface area contributed by atoms with Gasteiger partial charge in [-0.25, -0.2) is 14.8 Å². The molecule has 170 valence electrons. The molecule has 1 aliphatic heterocycles. The lowest BCUT2D eigenvalue weighted by Gasteiger charge is -2.27. The molecule has 1 aliphatic rings. The molecule has 0 saturated heterocycles. The van der Waals surface area contributed by atoms with Crippen LogP contribution in [0.15, 0.2) is 30.6 Å². The molecule has 2 aromatic rings. The standard InChI is InChI=1S/C18H19F3N4O4.C2H6/c1-27-12-2-3-15-13(7-12)14(4-5-28-15)25-17(26)22-8-11-6-16(24-10-23-11)29-9-18(19,20)21;1-2/h2-3,6-7,10,14H,4-5,8-9H2,1H3,(H2,22,25,26);1-2H3. The number of hydrogen-bond donors (Lipinski definition) is 2. The number of nitrogens with one attached hydrogen (secondary N) is 2. The maximum absolute atomic E-state index is 12.3. The van der Waals surface area contributed by atoms with Crippen LogP contribution >= 0.6 is 0 Å². The number of carbonyl (C=O) groups is 1. The molecule has 8 nitrogen and oxygen atoms in total. The van der Waals surface area contributed by atoms with Crippen molar-refractivity contribution < 1.29 is 32.2 Å². The number of aromatic nitrogens is 2. The molecule has 0 radical (unpaired) electrons. The summed E-state index contributed by atoms with van der Waals surface area (Å²) in [5.74, 6) is 1.10. The number of methoxy groups -OCH3 is 1. The summed E-state index contributed by atoms with van der Waals surface area (Å²) < 4.78 is 52.0. The average Bonchev–Trinajstić information content (AvgIpc) is 2.77. The van der Waals surface area contributed by atoms with Crippen LogP contribution in [0.3, 0.4) is 0 Å². The normalized spacial score (nSPS) is 14.8. The predicted octanol–water partition coefficient (Wildman–Crippen LogP) is 3.78. The minimum Gasteiger partial charge on any atom is -0.497 e. The summed E-state index contributed by atoms with van der Waals surface area (Å²) in [6.45, 7) is 2.99. The van der Waals surface area contributed by atoms with Crippen LogP contribution in [0, 0.1) is 0 Å². The zero-order chi connectivity index (χ0) is 22.9. The topological polar surface area (TPSA) is 94.6 Å². The maximum atomic E-state index is 12.3. The highest BCUT2D eigenvalue weighted by Gasteiger charge is 2.28. The Hall–Kier alpha value is -3.24. The molecule has 11 heteroatoms. The first-order chi connectivity index (χ1) is 14.8. The van der Waals surface area contributed by atoms with Gasteiger partial charge in [-0.1, -0.05) is 13.8 Å². The van der Waals surface area contributed by atoms with E-state index in [1.165, 1.54) is 6.07 Å². The van der Waals surface area contributed by atoms with Gasteiger partial charge in [-0.05, 0) is 18.2 Å². The number of fused-ring (bicyclic) bond motifs is 1. The van der Waals surface area contributed by atoms with E-state index in [4.69, 9.17) is 9.47 Å². The van der Waals surface area contributed by atoms with Gasteiger partial charge in [0.2, 0.25) is 5.88 Å². The lowest BCUT2D eigenvalue weighted by molar-refractivity contribution is -0.154. The molecule has 0 spiro atoms. The van der Waals surface area contributed by atoms with Crippen molar-refractivity contribution in [1.82, 2.24) is 20.6 Å². The van der Waals surface area contributed by atoms with Crippen LogP contribution in [0.5, 0.6) is 17.4 Å². The lowest BCUT2D eigenvalue weighted by atomic mass is 10.0. The minimum absolute atomic E-state index is 0.00901. The molecule has 2 amide bonds. The van der Waals surface area contributed by atoms with Crippen molar-refractivity contribution >= 4 is 6.03 Å². The molecule has 3 rings (SSSR count). The van der Waals surface area contributed by atoms with Gasteiger partial charge in [-0.2, -0.15) is 13.2 Å². The number of carbonyl (C=O) groups excluding carboxylic acids is 1. The number of alkyl halides is 3. The molecule has 1 atom stereocenters. The van der Waals surface area contributed by atoms with Crippen LogP contribution in [-0.4, -0.2) is 42.5 Å². The second-order valence-corrected chi connectivity index (χ2v) is 6.17. The highest BCUT2D eigenvalue weighted by Crippen LogP contribution is 2.34. The quantitative estimate of drug-likeness (QED) is 0.707. The van der Waals surface area contributed by atoms with E-state index in [9.17, 15) is 18.0 Å². The first-order valence-electron chi connectivity index (χ1n) is 9.69. The maximum Gasteiger partial charge on any atom is 0.422 e. The van der Waals surface area contributed by atoms with Crippen molar-refractivity contribution in [3.8, 4) is 17.4 Å². The number of ether oxygens (including phenoxy) is 3. The number of rotatable bonds is 6. The summed E-state index contributed by atoms with van der Waals surface area (Å²) in [5.41, 5.74) is 1.11. The van der Waals surface area contributed by atoms with E-state index in [1.807, 2.05) is 13.8 Å². The van der Waals surface area contributed by atoms with E-state index < -0.39 is 18.8 Å². The van der Waals surface area contributed by atoms with Crippen LogP contribution in [-0.2, 0) is 6.54 Å². The Labute approximate surface area is 178 Å². The molecule has 1 unspecified atom stereocenters. The highest BCUT2D eigenvalue weighted by atomic mass is 19.4. The van der Waals surface area contributed by atoms with Gasteiger partial charge >= 0.3 is 12.2 Å². The van der Waals surface area contributed by atoms with Crippen molar-refractivity contribution in [3.05, 3.63) is 41.9 Å². The van der Waals surface area contributed by atoms with Gasteiger partial charge in [-0.15, -0.1) is 0 Å². The Morgan fingerprint density at radius 2 is 2.03 bits per heavy atom. The summed E-state index contributed by atoms with van der Waals surface area (Å²) in [4.78, 5) is 19.8. The molecule has 0 saturated carbocycles. The number of benzene rings is 1. The summed E-state index contributed by atoms with van der Waals surface area (Å²) in [7, 11) is 1.55. The minimum atomic E-state index is -4.47. The molecule has 1 aromatic carbocycles. The van der Waals surface area contributed by atoms with E-state index in [-0.39, 0.29) is 18.5 Å². The Bertz CT molecular complexity index is 865. The fourth-order valence-electron chi connectivity index (χ4n) is 2.74. The Kier molecular flexibility index (Phi) is 8.71. The SMILES string of the molecule is CC.COc1ccc2c(c1)C(NC(=O)NCc1cc(OCC(F)(F)F)ncn1)CCO2. The number of amides is 2. The first-order valence-corrected chi connectivity index (χ1v) is 9.69. The summed E-state index contributed by atoms with van der Waals surface area (Å²) in [5, 5.41) is 5.46. The van der Waals surface area contributed by atoms with Crippen LogP contribution in [0.4, 0.5) is 18.0 Å². The fourth-order valence-corrected chi connectivity index (χ4v) is 2.74. The van der Waals surface area contributed by atoms with Gasteiger partial charge in [0.05, 0.1) is 32.0 Å². The van der Waals surface area contributed by atoms with E-state index in [2.05, 4.69) is 25.3 Å². The largest absolute Gasteiger partial charge is 0.497 e. The fraction of sp³-hybridized carbons (Fsp3) is 0.450. The van der Waals surface area contributed by atoms with Crippen molar-refractivity contribution in [1.29, 1.82) is 0 Å². The molecule has 0 aliphatic carbocycles. The van der Waals surface area contributed by atoms with Gasteiger partial charge in [-0.3, -0.25) is 0 Å². The van der Waals surface area contributed by atoms with Gasteiger partial charge in [0.25, 0.3) is 0 Å². The Morgan fingerprint density at radius 3 is 2.74 bits per heavy atom.